The van der Waals surface area contributed by atoms with E-state index in [4.69, 9.17) is 0 Å². The van der Waals surface area contributed by atoms with Crippen LogP contribution in [-0.2, 0) is 14.8 Å². The molecule has 3 rings (SSSR count). The number of amides is 1. The van der Waals surface area contributed by atoms with E-state index >= 15 is 0 Å². The molecule has 5 nitrogen and oxygen atoms in total. The lowest BCUT2D eigenvalue weighted by molar-refractivity contribution is -0.128. The second-order valence-electron chi connectivity index (χ2n) is 7.41. The summed E-state index contributed by atoms with van der Waals surface area (Å²) in [6.07, 6.45) is 7.94. The predicted molar refractivity (Wildman–Crippen MR) is 110 cm³/mol. The molecule has 27 heavy (non-hydrogen) atoms. The highest BCUT2D eigenvalue weighted by Crippen LogP contribution is 2.36. The van der Waals surface area contributed by atoms with Crippen molar-refractivity contribution in [1.29, 1.82) is 0 Å². The van der Waals surface area contributed by atoms with Crippen LogP contribution in [0.1, 0.15) is 63.9 Å². The first-order valence-corrected chi connectivity index (χ1v) is 12.2. The summed E-state index contributed by atoms with van der Waals surface area (Å²) in [5.74, 6) is 0.0400. The molecule has 1 atom stereocenters. The Kier molecular flexibility index (Phi) is 6.63. The average molecular weight is 409 g/mol. The lowest BCUT2D eigenvalue weighted by atomic mass is 9.94. The van der Waals surface area contributed by atoms with E-state index in [0.717, 1.165) is 50.5 Å². The Morgan fingerprint density at radius 3 is 2.44 bits per heavy atom. The lowest BCUT2D eigenvalue weighted by Gasteiger charge is -2.30. The molecule has 1 aromatic carbocycles. The van der Waals surface area contributed by atoms with E-state index in [1.807, 2.05) is 6.92 Å². The van der Waals surface area contributed by atoms with Crippen molar-refractivity contribution in [2.75, 3.05) is 0 Å². The third kappa shape index (κ3) is 4.74. The molecule has 2 aliphatic rings. The van der Waals surface area contributed by atoms with Gasteiger partial charge in [-0.1, -0.05) is 68.5 Å². The van der Waals surface area contributed by atoms with Gasteiger partial charge in [0.15, 0.2) is 5.17 Å². The Morgan fingerprint density at radius 1 is 1.15 bits per heavy atom. The highest BCUT2D eigenvalue weighted by molar-refractivity contribution is 8.16. The largest absolute Gasteiger partial charge is 0.287 e. The van der Waals surface area contributed by atoms with Crippen LogP contribution in [0.15, 0.2) is 33.6 Å². The van der Waals surface area contributed by atoms with Crippen LogP contribution in [0.25, 0.3) is 0 Å². The quantitative estimate of drug-likeness (QED) is 0.695. The molecule has 7 heteroatoms. The van der Waals surface area contributed by atoms with Crippen molar-refractivity contribution in [3.05, 3.63) is 29.8 Å². The van der Waals surface area contributed by atoms with Crippen LogP contribution < -0.4 is 0 Å². The van der Waals surface area contributed by atoms with Crippen molar-refractivity contribution in [3.63, 3.8) is 0 Å². The van der Waals surface area contributed by atoms with Crippen molar-refractivity contribution in [3.8, 4) is 0 Å². The monoisotopic (exact) mass is 408 g/mol. The number of hydrogen-bond donors (Lipinski definition) is 0. The fourth-order valence-electron chi connectivity index (χ4n) is 3.66. The zero-order valence-corrected chi connectivity index (χ0v) is 17.7. The number of amidine groups is 1. The van der Waals surface area contributed by atoms with Crippen LogP contribution in [0.4, 0.5) is 0 Å². The first-order valence-electron chi connectivity index (χ1n) is 9.83. The number of unbranched alkanes of at least 4 members (excludes halogenated alkanes) is 1. The number of sulfonamides is 1. The summed E-state index contributed by atoms with van der Waals surface area (Å²) in [5, 5.41) is 0.160. The molecule has 2 fully saturated rings. The molecule has 1 aliphatic carbocycles. The molecule has 1 saturated carbocycles. The number of carbonyl (C=O) groups is 1. The highest BCUT2D eigenvalue weighted by atomic mass is 32.2. The Labute approximate surface area is 166 Å². The number of rotatable bonds is 6. The summed E-state index contributed by atoms with van der Waals surface area (Å²) in [6, 6.07) is 6.77. The summed E-state index contributed by atoms with van der Waals surface area (Å²) in [7, 11) is -3.83. The second kappa shape index (κ2) is 8.78. The van der Waals surface area contributed by atoms with Crippen LogP contribution in [0.3, 0.4) is 0 Å². The molecule has 1 unspecified atom stereocenters. The summed E-state index contributed by atoms with van der Waals surface area (Å²) in [6.45, 7) is 4.01. The molecule has 1 amide bonds. The summed E-state index contributed by atoms with van der Waals surface area (Å²) in [5.41, 5.74) is 0.996. The Morgan fingerprint density at radius 2 is 1.81 bits per heavy atom. The molecule has 0 spiro atoms. The van der Waals surface area contributed by atoms with Gasteiger partial charge < -0.3 is 0 Å². The van der Waals surface area contributed by atoms with Crippen LogP contribution in [-0.4, -0.2) is 35.7 Å². The first-order chi connectivity index (χ1) is 12.9. The first kappa shape index (κ1) is 20.4. The van der Waals surface area contributed by atoms with E-state index < -0.39 is 10.0 Å². The van der Waals surface area contributed by atoms with Crippen LogP contribution in [0, 0.1) is 6.92 Å². The van der Waals surface area contributed by atoms with Gasteiger partial charge in [0.05, 0.1) is 10.1 Å². The summed E-state index contributed by atoms with van der Waals surface area (Å²) >= 11 is 1.33. The number of hydrogen-bond acceptors (Lipinski definition) is 4. The van der Waals surface area contributed by atoms with Crippen molar-refractivity contribution < 1.29 is 13.2 Å². The van der Waals surface area contributed by atoms with Crippen LogP contribution >= 0.6 is 11.8 Å². The fourth-order valence-corrected chi connectivity index (χ4v) is 6.11. The van der Waals surface area contributed by atoms with E-state index in [9.17, 15) is 13.2 Å². The number of thioether (sulfide) groups is 1. The topological polar surface area (TPSA) is 66.8 Å². The van der Waals surface area contributed by atoms with Gasteiger partial charge in [-0.15, -0.1) is 4.40 Å². The maximum Gasteiger partial charge on any atom is 0.284 e. The zero-order chi connectivity index (χ0) is 19.4. The third-order valence-electron chi connectivity index (χ3n) is 5.24. The standard InChI is InChI=1S/C20H28N2O3S2/c1-3-4-10-18-19(23)22(16-8-6-5-7-9-16)20(26-18)21-27(24,25)17-13-11-15(2)12-14-17/h11-14,16,18H,3-10H2,1-2H3/b21-20+. The van der Waals surface area contributed by atoms with Crippen molar-refractivity contribution in [1.82, 2.24) is 4.90 Å². The molecule has 0 N–H and O–H groups in total. The summed E-state index contributed by atoms with van der Waals surface area (Å²) < 4.78 is 29.8. The highest BCUT2D eigenvalue weighted by Gasteiger charge is 2.42. The molecular formula is C20H28N2O3S2. The minimum Gasteiger partial charge on any atom is -0.287 e. The van der Waals surface area contributed by atoms with Crippen LogP contribution in [0.5, 0.6) is 0 Å². The molecule has 0 aromatic heterocycles. The van der Waals surface area contributed by atoms with E-state index in [0.29, 0.717) is 5.17 Å². The van der Waals surface area contributed by atoms with E-state index in [1.54, 1.807) is 29.2 Å². The fraction of sp³-hybridized carbons (Fsp3) is 0.600. The second-order valence-corrected chi connectivity index (χ2v) is 10.2. The Balaban J connectivity index is 1.92. The van der Waals surface area contributed by atoms with Gasteiger partial charge in [0.2, 0.25) is 5.91 Å². The number of nitrogens with zero attached hydrogens (tertiary/aromatic N) is 2. The SMILES string of the molecule is CCCCC1S/C(=N/S(=O)(=O)c2ccc(C)cc2)N(C2CCCCC2)C1=O. The lowest BCUT2D eigenvalue weighted by Crippen LogP contribution is -2.42. The molecular weight excluding hydrogens is 380 g/mol. The van der Waals surface area contributed by atoms with E-state index in [-0.39, 0.29) is 22.1 Å². The Hall–Kier alpha value is -1.34. The van der Waals surface area contributed by atoms with Gasteiger partial charge in [0.1, 0.15) is 0 Å². The van der Waals surface area contributed by atoms with Gasteiger partial charge in [-0.25, -0.2) is 0 Å². The van der Waals surface area contributed by atoms with Crippen molar-refractivity contribution in [2.24, 2.45) is 4.40 Å². The molecule has 1 heterocycles. The maximum absolute atomic E-state index is 13.0. The van der Waals surface area contributed by atoms with Crippen molar-refractivity contribution >= 4 is 32.9 Å². The molecule has 1 aliphatic heterocycles. The minimum atomic E-state index is -3.83. The zero-order valence-electron chi connectivity index (χ0n) is 16.1. The minimum absolute atomic E-state index is 0.0400. The van der Waals surface area contributed by atoms with Gasteiger partial charge in [0.25, 0.3) is 10.0 Å². The maximum atomic E-state index is 13.0. The number of benzene rings is 1. The van der Waals surface area contributed by atoms with Gasteiger partial charge in [-0.05, 0) is 38.3 Å². The smallest absolute Gasteiger partial charge is 0.284 e. The Bertz CT molecular complexity index is 797. The normalized spacial score (nSPS) is 23.3. The number of aryl methyl sites for hydroxylation is 1. The third-order valence-corrected chi connectivity index (χ3v) is 7.86. The predicted octanol–water partition coefficient (Wildman–Crippen LogP) is 4.51. The number of carbonyl (C=O) groups excluding carboxylic acids is 1. The molecule has 1 saturated heterocycles. The van der Waals surface area contributed by atoms with Crippen LogP contribution in [0.2, 0.25) is 0 Å². The van der Waals surface area contributed by atoms with Crippen molar-refractivity contribution in [2.45, 2.75) is 81.4 Å². The van der Waals surface area contributed by atoms with E-state index in [1.165, 1.54) is 18.2 Å². The average Bonchev–Trinajstić information content (AvgIpc) is 2.95. The van der Waals surface area contributed by atoms with Gasteiger partial charge >= 0.3 is 0 Å². The molecule has 148 valence electrons. The van der Waals surface area contributed by atoms with Gasteiger partial charge in [-0.2, -0.15) is 8.42 Å². The van der Waals surface area contributed by atoms with E-state index in [2.05, 4.69) is 11.3 Å². The molecule has 0 radical (unpaired) electrons. The van der Waals surface area contributed by atoms with Gasteiger partial charge in [-0.3, -0.25) is 9.69 Å². The summed E-state index contributed by atoms with van der Waals surface area (Å²) in [4.78, 5) is 14.9. The molecule has 1 aromatic rings. The molecule has 0 bridgehead atoms. The van der Waals surface area contributed by atoms with Gasteiger partial charge in [0, 0.05) is 6.04 Å².